The van der Waals surface area contributed by atoms with Gasteiger partial charge in [0.15, 0.2) is 0 Å². The number of benzene rings is 1. The van der Waals surface area contributed by atoms with Gasteiger partial charge in [0, 0.05) is 19.2 Å². The van der Waals surface area contributed by atoms with Gasteiger partial charge < -0.3 is 14.5 Å². The van der Waals surface area contributed by atoms with E-state index in [9.17, 15) is 13.2 Å². The maximum atomic E-state index is 12.2. The molecule has 7 nitrogen and oxygen atoms in total. The highest BCUT2D eigenvalue weighted by molar-refractivity contribution is 7.89. The van der Waals surface area contributed by atoms with Crippen LogP contribution in [0.1, 0.15) is 18.2 Å². The highest BCUT2D eigenvalue weighted by atomic mass is 32.2. The second kappa shape index (κ2) is 9.33. The van der Waals surface area contributed by atoms with Crippen LogP contribution in [0.4, 0.5) is 0 Å². The fourth-order valence-corrected chi connectivity index (χ4v) is 3.17. The molecule has 0 aliphatic heterocycles. The fourth-order valence-electron chi connectivity index (χ4n) is 2.18. The van der Waals surface area contributed by atoms with E-state index >= 15 is 0 Å². The SMILES string of the molecule is COCC(C)NC(=O)/C=C/c1ccc(S(=O)(=O)NCc2ccco2)cc1. The van der Waals surface area contributed by atoms with E-state index in [0.29, 0.717) is 17.9 Å². The zero-order chi connectivity index (χ0) is 19.0. The van der Waals surface area contributed by atoms with Crippen LogP contribution in [0.25, 0.3) is 6.08 Å². The third-order valence-electron chi connectivity index (χ3n) is 3.44. The first-order chi connectivity index (χ1) is 12.4. The summed E-state index contributed by atoms with van der Waals surface area (Å²) in [6.07, 6.45) is 4.49. The number of furan rings is 1. The maximum absolute atomic E-state index is 12.2. The molecule has 26 heavy (non-hydrogen) atoms. The Morgan fingerprint density at radius 2 is 2.00 bits per heavy atom. The van der Waals surface area contributed by atoms with Crippen LogP contribution in [0.2, 0.25) is 0 Å². The second-order valence-corrected chi connectivity index (χ2v) is 7.44. The summed E-state index contributed by atoms with van der Waals surface area (Å²) in [5, 5.41) is 2.75. The Bertz CT molecular complexity index is 827. The number of rotatable bonds is 9. The molecule has 0 saturated carbocycles. The third-order valence-corrected chi connectivity index (χ3v) is 4.86. The van der Waals surface area contributed by atoms with Crippen molar-refractivity contribution >= 4 is 22.0 Å². The molecule has 0 aliphatic rings. The van der Waals surface area contributed by atoms with Gasteiger partial charge in [-0.05, 0) is 42.8 Å². The van der Waals surface area contributed by atoms with Crippen molar-refractivity contribution in [2.75, 3.05) is 13.7 Å². The Labute approximate surface area is 153 Å². The highest BCUT2D eigenvalue weighted by Gasteiger charge is 2.14. The van der Waals surface area contributed by atoms with Crippen LogP contribution in [-0.2, 0) is 26.1 Å². The van der Waals surface area contributed by atoms with Crippen molar-refractivity contribution in [1.29, 1.82) is 0 Å². The van der Waals surface area contributed by atoms with E-state index in [0.717, 1.165) is 0 Å². The van der Waals surface area contributed by atoms with Gasteiger partial charge in [0.25, 0.3) is 0 Å². The molecule has 1 aromatic heterocycles. The van der Waals surface area contributed by atoms with Crippen LogP contribution in [0.15, 0.2) is 58.1 Å². The van der Waals surface area contributed by atoms with Crippen molar-refractivity contribution in [2.45, 2.75) is 24.4 Å². The van der Waals surface area contributed by atoms with Crippen molar-refractivity contribution in [1.82, 2.24) is 10.0 Å². The van der Waals surface area contributed by atoms with Crippen LogP contribution in [0.5, 0.6) is 0 Å². The van der Waals surface area contributed by atoms with Crippen LogP contribution >= 0.6 is 0 Å². The number of nitrogens with one attached hydrogen (secondary N) is 2. The topological polar surface area (TPSA) is 97.6 Å². The summed E-state index contributed by atoms with van der Waals surface area (Å²) in [5.74, 6) is 0.285. The molecule has 1 aromatic carbocycles. The molecule has 1 atom stereocenters. The van der Waals surface area contributed by atoms with E-state index in [4.69, 9.17) is 9.15 Å². The fraction of sp³-hybridized carbons (Fsp3) is 0.278. The van der Waals surface area contributed by atoms with E-state index in [1.807, 2.05) is 6.92 Å². The number of ether oxygens (including phenoxy) is 1. The van der Waals surface area contributed by atoms with Gasteiger partial charge in [0.2, 0.25) is 15.9 Å². The molecule has 2 N–H and O–H groups in total. The molecule has 1 amide bonds. The van der Waals surface area contributed by atoms with Crippen LogP contribution < -0.4 is 10.0 Å². The van der Waals surface area contributed by atoms with Crippen molar-refractivity contribution in [3.63, 3.8) is 0 Å². The zero-order valence-electron chi connectivity index (χ0n) is 14.6. The highest BCUT2D eigenvalue weighted by Crippen LogP contribution is 2.12. The Morgan fingerprint density at radius 3 is 2.62 bits per heavy atom. The van der Waals surface area contributed by atoms with E-state index in [1.165, 1.54) is 24.5 Å². The normalized spacial score (nSPS) is 13.0. The lowest BCUT2D eigenvalue weighted by molar-refractivity contribution is -0.117. The zero-order valence-corrected chi connectivity index (χ0v) is 15.5. The summed E-state index contributed by atoms with van der Waals surface area (Å²) in [6.45, 7) is 2.35. The predicted octanol–water partition coefficient (Wildman–Crippen LogP) is 1.92. The molecular weight excluding hydrogens is 356 g/mol. The summed E-state index contributed by atoms with van der Waals surface area (Å²) < 4.78 is 37.0. The first-order valence-corrected chi connectivity index (χ1v) is 9.48. The lowest BCUT2D eigenvalue weighted by Crippen LogP contribution is -2.34. The minimum Gasteiger partial charge on any atom is -0.468 e. The first kappa shape index (κ1) is 19.9. The summed E-state index contributed by atoms with van der Waals surface area (Å²) in [7, 11) is -2.07. The maximum Gasteiger partial charge on any atom is 0.244 e. The Hall–Kier alpha value is -2.42. The molecule has 0 aliphatic carbocycles. The standard InChI is InChI=1S/C18H22N2O5S/c1-14(13-24-2)20-18(21)10-7-15-5-8-17(9-6-15)26(22,23)19-12-16-4-3-11-25-16/h3-11,14,19H,12-13H2,1-2H3,(H,20,21)/b10-7+. The van der Waals surface area contributed by atoms with Gasteiger partial charge in [-0.2, -0.15) is 0 Å². The summed E-state index contributed by atoms with van der Waals surface area (Å²) >= 11 is 0. The van der Waals surface area contributed by atoms with Crippen molar-refractivity contribution in [2.24, 2.45) is 0 Å². The number of amides is 1. The quantitative estimate of drug-likeness (QED) is 0.650. The molecule has 2 rings (SSSR count). The second-order valence-electron chi connectivity index (χ2n) is 5.67. The molecule has 140 valence electrons. The number of carbonyl (C=O) groups excluding carboxylic acids is 1. The lowest BCUT2D eigenvalue weighted by atomic mass is 10.2. The molecule has 2 aromatic rings. The van der Waals surface area contributed by atoms with E-state index in [-0.39, 0.29) is 23.4 Å². The average Bonchev–Trinajstić information content (AvgIpc) is 3.12. The summed E-state index contributed by atoms with van der Waals surface area (Å²) in [5.41, 5.74) is 0.713. The molecule has 0 fully saturated rings. The number of carbonyl (C=O) groups is 1. The first-order valence-electron chi connectivity index (χ1n) is 8.00. The predicted molar refractivity (Wildman–Crippen MR) is 97.7 cm³/mol. The molecule has 8 heteroatoms. The minimum absolute atomic E-state index is 0.0802. The van der Waals surface area contributed by atoms with Crippen molar-refractivity contribution in [3.05, 3.63) is 60.1 Å². The molecule has 1 unspecified atom stereocenters. The lowest BCUT2D eigenvalue weighted by Gasteiger charge is -2.10. The van der Waals surface area contributed by atoms with Gasteiger partial charge >= 0.3 is 0 Å². The van der Waals surface area contributed by atoms with Gasteiger partial charge in [0.1, 0.15) is 5.76 Å². The summed E-state index contributed by atoms with van der Waals surface area (Å²) in [4.78, 5) is 11.9. The Morgan fingerprint density at radius 1 is 1.27 bits per heavy atom. The molecule has 0 radical (unpaired) electrons. The smallest absolute Gasteiger partial charge is 0.244 e. The molecular formula is C18H22N2O5S. The average molecular weight is 378 g/mol. The summed E-state index contributed by atoms with van der Waals surface area (Å²) in [6, 6.07) is 9.51. The van der Waals surface area contributed by atoms with Gasteiger partial charge in [0.05, 0.1) is 24.3 Å². The van der Waals surface area contributed by atoms with Crippen molar-refractivity contribution in [3.8, 4) is 0 Å². The van der Waals surface area contributed by atoms with Gasteiger partial charge in [-0.15, -0.1) is 0 Å². The Balaban J connectivity index is 1.94. The van der Waals surface area contributed by atoms with E-state index in [1.54, 1.807) is 37.5 Å². The van der Waals surface area contributed by atoms with Gasteiger partial charge in [-0.1, -0.05) is 12.1 Å². The van der Waals surface area contributed by atoms with Crippen LogP contribution in [0.3, 0.4) is 0 Å². The third kappa shape index (κ3) is 6.14. The van der Waals surface area contributed by atoms with Gasteiger partial charge in [-0.25, -0.2) is 13.1 Å². The van der Waals surface area contributed by atoms with E-state index < -0.39 is 10.0 Å². The molecule has 0 saturated heterocycles. The monoisotopic (exact) mass is 378 g/mol. The molecule has 1 heterocycles. The number of methoxy groups -OCH3 is 1. The minimum atomic E-state index is -3.63. The van der Waals surface area contributed by atoms with Gasteiger partial charge in [-0.3, -0.25) is 4.79 Å². The van der Waals surface area contributed by atoms with Crippen molar-refractivity contribution < 1.29 is 22.4 Å². The van der Waals surface area contributed by atoms with E-state index in [2.05, 4.69) is 10.0 Å². The number of hydrogen-bond donors (Lipinski definition) is 2. The number of hydrogen-bond acceptors (Lipinski definition) is 5. The molecule has 0 bridgehead atoms. The van der Waals surface area contributed by atoms with Crippen LogP contribution in [0, 0.1) is 0 Å². The molecule has 0 spiro atoms. The Kier molecular flexibility index (Phi) is 7.14. The number of sulfonamides is 1. The largest absolute Gasteiger partial charge is 0.468 e. The van der Waals surface area contributed by atoms with Crippen LogP contribution in [-0.4, -0.2) is 34.1 Å².